The summed E-state index contributed by atoms with van der Waals surface area (Å²) in [5.74, 6) is 1.40. The molecule has 5 nitrogen and oxygen atoms in total. The van der Waals surface area contributed by atoms with E-state index < -0.39 is 5.60 Å². The number of hydrogen-bond acceptors (Lipinski definition) is 3. The normalized spacial score (nSPS) is 30.2. The van der Waals surface area contributed by atoms with E-state index in [9.17, 15) is 14.7 Å². The molecule has 0 radical (unpaired) electrons. The predicted molar refractivity (Wildman–Crippen MR) is 138 cm³/mol. The zero-order valence-corrected chi connectivity index (χ0v) is 21.6. The largest absolute Gasteiger partial charge is 0.387 e. The van der Waals surface area contributed by atoms with Gasteiger partial charge in [-0.05, 0) is 37.2 Å². The number of likely N-dealkylation sites (tertiary alicyclic amines) is 2. The van der Waals surface area contributed by atoms with Crippen LogP contribution in [0.4, 0.5) is 0 Å². The highest BCUT2D eigenvalue weighted by Gasteiger charge is 2.57. The average Bonchev–Trinajstić information content (AvgIpc) is 3.49. The summed E-state index contributed by atoms with van der Waals surface area (Å²) in [5, 5.41) is 12.1. The zero-order chi connectivity index (χ0) is 24.5. The van der Waals surface area contributed by atoms with Gasteiger partial charge < -0.3 is 14.9 Å². The maximum Gasteiger partial charge on any atom is 0.225 e. The van der Waals surface area contributed by atoms with Crippen LogP contribution in [0.25, 0.3) is 0 Å². The number of benzene rings is 1. The van der Waals surface area contributed by atoms with Crippen LogP contribution in [-0.2, 0) is 9.59 Å². The Labute approximate surface area is 211 Å². The van der Waals surface area contributed by atoms with E-state index in [0.717, 1.165) is 32.1 Å². The Morgan fingerprint density at radius 1 is 1.06 bits per heavy atom. The Balaban J connectivity index is 1.25. The number of β-amino-alcohol motifs (C(OH)–C–C–N with tert-alkyl or cyclic N) is 1. The first kappa shape index (κ1) is 24.8. The molecule has 2 heterocycles. The fraction of sp³-hybridized carbons (Fsp3) is 0.733. The van der Waals surface area contributed by atoms with Gasteiger partial charge in [-0.25, -0.2) is 0 Å². The molecule has 192 valence electrons. The van der Waals surface area contributed by atoms with Gasteiger partial charge in [0.25, 0.3) is 0 Å². The minimum Gasteiger partial charge on any atom is -0.387 e. The summed E-state index contributed by atoms with van der Waals surface area (Å²) in [6, 6.07) is 10.3. The van der Waals surface area contributed by atoms with Crippen molar-refractivity contribution in [2.75, 3.05) is 26.2 Å². The molecule has 5 rings (SSSR count). The number of nitrogens with zero attached hydrogens (tertiary/aromatic N) is 2. The average molecular weight is 481 g/mol. The van der Waals surface area contributed by atoms with Crippen LogP contribution in [0, 0.1) is 17.3 Å². The summed E-state index contributed by atoms with van der Waals surface area (Å²) < 4.78 is 0. The molecule has 1 aromatic rings. The fourth-order valence-corrected chi connectivity index (χ4v) is 7.81. The van der Waals surface area contributed by atoms with Gasteiger partial charge in [-0.3, -0.25) is 9.59 Å². The second kappa shape index (κ2) is 10.2. The van der Waals surface area contributed by atoms with Crippen molar-refractivity contribution in [3.8, 4) is 0 Å². The smallest absolute Gasteiger partial charge is 0.225 e. The SMILES string of the molecule is CC(CC1CCCCC1)C(=O)N1CC[C@@](O)(CN2C[C@H](c3ccccc3)CC2=O)C2(CCCC2)C1. The minimum atomic E-state index is -0.909. The van der Waals surface area contributed by atoms with Crippen LogP contribution in [0.5, 0.6) is 0 Å². The van der Waals surface area contributed by atoms with Crippen LogP contribution in [0.3, 0.4) is 0 Å². The molecule has 1 N–H and O–H groups in total. The molecule has 2 saturated carbocycles. The van der Waals surface area contributed by atoms with Gasteiger partial charge in [0.15, 0.2) is 0 Å². The van der Waals surface area contributed by atoms with Gasteiger partial charge in [-0.15, -0.1) is 0 Å². The Hall–Kier alpha value is -1.88. The van der Waals surface area contributed by atoms with E-state index in [1.54, 1.807) is 0 Å². The molecule has 0 bridgehead atoms. The molecule has 1 spiro atoms. The lowest BCUT2D eigenvalue weighted by molar-refractivity contribution is -0.167. The maximum atomic E-state index is 13.5. The van der Waals surface area contributed by atoms with Gasteiger partial charge in [0, 0.05) is 43.3 Å². The van der Waals surface area contributed by atoms with E-state index in [0.29, 0.717) is 44.9 Å². The highest BCUT2D eigenvalue weighted by molar-refractivity contribution is 5.80. The van der Waals surface area contributed by atoms with Gasteiger partial charge in [0.1, 0.15) is 0 Å². The van der Waals surface area contributed by atoms with Crippen LogP contribution in [0.1, 0.15) is 95.5 Å². The summed E-state index contributed by atoms with van der Waals surface area (Å²) in [6.45, 7) is 4.47. The predicted octanol–water partition coefficient (Wildman–Crippen LogP) is 5.13. The molecule has 2 amide bonds. The molecule has 0 aromatic heterocycles. The maximum absolute atomic E-state index is 13.5. The highest BCUT2D eigenvalue weighted by Crippen LogP contribution is 2.52. The van der Waals surface area contributed by atoms with Gasteiger partial charge in [-0.2, -0.15) is 0 Å². The van der Waals surface area contributed by atoms with Crippen LogP contribution in [0.2, 0.25) is 0 Å². The van der Waals surface area contributed by atoms with E-state index in [2.05, 4.69) is 24.0 Å². The van der Waals surface area contributed by atoms with Gasteiger partial charge in [0.05, 0.1) is 12.1 Å². The third kappa shape index (κ3) is 5.03. The topological polar surface area (TPSA) is 60.9 Å². The van der Waals surface area contributed by atoms with E-state index in [1.165, 1.54) is 37.7 Å². The molecule has 4 aliphatic rings. The lowest BCUT2D eigenvalue weighted by Gasteiger charge is -2.53. The van der Waals surface area contributed by atoms with Crippen LogP contribution < -0.4 is 0 Å². The van der Waals surface area contributed by atoms with Crippen molar-refractivity contribution in [3.05, 3.63) is 35.9 Å². The van der Waals surface area contributed by atoms with Crippen molar-refractivity contribution >= 4 is 11.8 Å². The van der Waals surface area contributed by atoms with Crippen molar-refractivity contribution in [1.29, 1.82) is 0 Å². The standard InChI is InChI=1S/C30H44N2O3/c1-23(18-24-10-4-2-5-11-24)28(34)31-17-16-30(35,29(21-31)14-8-9-15-29)22-32-20-26(19-27(32)33)25-12-6-3-7-13-25/h3,6-7,12-13,23-24,26,35H,2,4-5,8-11,14-22H2,1H3/t23?,26-,30-/m1/s1. The monoisotopic (exact) mass is 480 g/mol. The molecule has 3 atom stereocenters. The Morgan fingerprint density at radius 2 is 1.77 bits per heavy atom. The molecule has 4 fully saturated rings. The van der Waals surface area contributed by atoms with Crippen molar-refractivity contribution < 1.29 is 14.7 Å². The van der Waals surface area contributed by atoms with Crippen molar-refractivity contribution in [3.63, 3.8) is 0 Å². The first-order valence-corrected chi connectivity index (χ1v) is 14.2. The van der Waals surface area contributed by atoms with Crippen molar-refractivity contribution in [1.82, 2.24) is 9.80 Å². The second-order valence-corrected chi connectivity index (χ2v) is 12.3. The summed E-state index contributed by atoms with van der Waals surface area (Å²) in [7, 11) is 0. The van der Waals surface area contributed by atoms with Gasteiger partial charge >= 0.3 is 0 Å². The van der Waals surface area contributed by atoms with Crippen molar-refractivity contribution in [2.45, 2.75) is 95.5 Å². The molecule has 1 unspecified atom stereocenters. The third-order valence-electron chi connectivity index (χ3n) is 9.92. The fourth-order valence-electron chi connectivity index (χ4n) is 7.81. The summed E-state index contributed by atoms with van der Waals surface area (Å²) >= 11 is 0. The Kier molecular flexibility index (Phi) is 7.25. The zero-order valence-electron chi connectivity index (χ0n) is 21.6. The number of amides is 2. The van der Waals surface area contributed by atoms with Crippen molar-refractivity contribution in [2.24, 2.45) is 17.3 Å². The summed E-state index contributed by atoms with van der Waals surface area (Å²) in [6.07, 6.45) is 12.7. The number of carbonyl (C=O) groups excluding carboxylic acids is 2. The first-order chi connectivity index (χ1) is 16.9. The Morgan fingerprint density at radius 3 is 2.49 bits per heavy atom. The molecule has 2 aliphatic carbocycles. The van der Waals surface area contributed by atoms with E-state index in [4.69, 9.17) is 0 Å². The summed E-state index contributed by atoms with van der Waals surface area (Å²) in [5.41, 5.74) is 0.0170. The van der Waals surface area contributed by atoms with E-state index >= 15 is 0 Å². The number of hydrogen-bond donors (Lipinski definition) is 1. The quantitative estimate of drug-likeness (QED) is 0.614. The number of aliphatic hydroxyl groups is 1. The summed E-state index contributed by atoms with van der Waals surface area (Å²) in [4.78, 5) is 30.5. The van der Waals surface area contributed by atoms with Crippen LogP contribution >= 0.6 is 0 Å². The third-order valence-corrected chi connectivity index (χ3v) is 9.92. The van der Waals surface area contributed by atoms with Gasteiger partial charge in [-0.1, -0.05) is 82.2 Å². The highest BCUT2D eigenvalue weighted by atomic mass is 16.3. The van der Waals surface area contributed by atoms with Crippen LogP contribution in [0.15, 0.2) is 30.3 Å². The molecular weight excluding hydrogens is 436 g/mol. The molecule has 2 saturated heterocycles. The van der Waals surface area contributed by atoms with Crippen LogP contribution in [-0.4, -0.2) is 58.5 Å². The lowest BCUT2D eigenvalue weighted by Crippen LogP contribution is -2.64. The lowest BCUT2D eigenvalue weighted by atomic mass is 9.65. The minimum absolute atomic E-state index is 0.0644. The van der Waals surface area contributed by atoms with Gasteiger partial charge in [0.2, 0.25) is 11.8 Å². The molecule has 1 aromatic carbocycles. The second-order valence-electron chi connectivity index (χ2n) is 12.3. The van der Waals surface area contributed by atoms with E-state index in [1.807, 2.05) is 23.1 Å². The number of rotatable bonds is 6. The molecular formula is C30H44N2O3. The first-order valence-electron chi connectivity index (χ1n) is 14.2. The van der Waals surface area contributed by atoms with E-state index in [-0.39, 0.29) is 29.1 Å². The number of piperidine rings is 1. The number of carbonyl (C=O) groups is 2. The molecule has 2 aliphatic heterocycles. The Bertz CT molecular complexity index is 890. The molecule has 5 heteroatoms. The molecule has 35 heavy (non-hydrogen) atoms.